The van der Waals surface area contributed by atoms with Gasteiger partial charge in [-0.1, -0.05) is 18.9 Å². The Labute approximate surface area is 89.9 Å². The number of nitriles is 1. The van der Waals surface area contributed by atoms with Crippen LogP contribution in [0.15, 0.2) is 18.2 Å². The van der Waals surface area contributed by atoms with Crippen LogP contribution in [0.3, 0.4) is 0 Å². The first-order valence-electron chi connectivity index (χ1n) is 5.36. The van der Waals surface area contributed by atoms with Crippen molar-refractivity contribution in [3.8, 4) is 6.07 Å². The van der Waals surface area contributed by atoms with E-state index in [0.29, 0.717) is 17.3 Å². The summed E-state index contributed by atoms with van der Waals surface area (Å²) in [7, 11) is 0. The molecule has 1 fully saturated rings. The Morgan fingerprint density at radius 2 is 2.07 bits per heavy atom. The molecule has 0 saturated heterocycles. The Balaban J connectivity index is 2.17. The molecule has 3 nitrogen and oxygen atoms in total. The van der Waals surface area contributed by atoms with E-state index in [1.54, 1.807) is 6.07 Å². The summed E-state index contributed by atoms with van der Waals surface area (Å²) in [6.07, 6.45) is 4.98. The lowest BCUT2D eigenvalue weighted by Crippen LogP contribution is -2.15. The molecule has 1 aliphatic carbocycles. The van der Waals surface area contributed by atoms with Gasteiger partial charge in [-0.25, -0.2) is 0 Å². The summed E-state index contributed by atoms with van der Waals surface area (Å²) in [6.45, 7) is 0. The molecule has 0 radical (unpaired) electrons. The van der Waals surface area contributed by atoms with E-state index < -0.39 is 0 Å². The highest BCUT2D eigenvalue weighted by molar-refractivity contribution is 5.73. The van der Waals surface area contributed by atoms with E-state index in [0.717, 1.165) is 5.69 Å². The Bertz CT molecular complexity index is 386. The lowest BCUT2D eigenvalue weighted by atomic mass is 10.1. The van der Waals surface area contributed by atoms with Crippen LogP contribution >= 0.6 is 0 Å². The van der Waals surface area contributed by atoms with Crippen molar-refractivity contribution in [2.45, 2.75) is 31.7 Å². The highest BCUT2D eigenvalue weighted by Gasteiger charge is 2.15. The summed E-state index contributed by atoms with van der Waals surface area (Å²) in [5.41, 5.74) is 7.92. The van der Waals surface area contributed by atoms with Gasteiger partial charge in [0.2, 0.25) is 0 Å². The van der Waals surface area contributed by atoms with Crippen LogP contribution < -0.4 is 11.1 Å². The molecule has 15 heavy (non-hydrogen) atoms. The van der Waals surface area contributed by atoms with Crippen molar-refractivity contribution in [2.75, 3.05) is 11.1 Å². The molecular weight excluding hydrogens is 186 g/mol. The zero-order chi connectivity index (χ0) is 10.7. The summed E-state index contributed by atoms with van der Waals surface area (Å²) in [4.78, 5) is 0. The van der Waals surface area contributed by atoms with Crippen LogP contribution in [-0.4, -0.2) is 6.04 Å². The van der Waals surface area contributed by atoms with Gasteiger partial charge in [0, 0.05) is 6.04 Å². The number of hydrogen-bond acceptors (Lipinski definition) is 3. The van der Waals surface area contributed by atoms with Gasteiger partial charge in [0.05, 0.1) is 16.9 Å². The third-order valence-electron chi connectivity index (χ3n) is 2.94. The minimum absolute atomic E-state index is 0.529. The average molecular weight is 201 g/mol. The highest BCUT2D eigenvalue weighted by atomic mass is 14.9. The number of benzene rings is 1. The lowest BCUT2D eigenvalue weighted by Gasteiger charge is -2.15. The number of rotatable bonds is 2. The molecule has 1 aromatic carbocycles. The highest BCUT2D eigenvalue weighted by Crippen LogP contribution is 2.27. The summed E-state index contributed by atoms with van der Waals surface area (Å²) < 4.78 is 0. The molecule has 1 saturated carbocycles. The van der Waals surface area contributed by atoms with Gasteiger partial charge in [-0.2, -0.15) is 5.26 Å². The standard InChI is InChI=1S/C12H15N3/c13-8-9-4-3-7-11(12(9)14)15-10-5-1-2-6-10/h3-4,7,10,15H,1-2,5-6,14H2. The van der Waals surface area contributed by atoms with Crippen LogP contribution in [0.5, 0.6) is 0 Å². The van der Waals surface area contributed by atoms with Crippen LogP contribution in [0.1, 0.15) is 31.2 Å². The number of nitrogens with zero attached hydrogens (tertiary/aromatic N) is 1. The third kappa shape index (κ3) is 2.04. The first-order valence-corrected chi connectivity index (χ1v) is 5.36. The molecule has 3 heteroatoms. The SMILES string of the molecule is N#Cc1cccc(NC2CCCC2)c1N. The van der Waals surface area contributed by atoms with E-state index in [9.17, 15) is 0 Å². The number of nitrogen functional groups attached to an aromatic ring is 1. The maximum absolute atomic E-state index is 8.85. The molecule has 0 amide bonds. The Morgan fingerprint density at radius 1 is 1.33 bits per heavy atom. The predicted molar refractivity (Wildman–Crippen MR) is 61.4 cm³/mol. The molecule has 0 spiro atoms. The van der Waals surface area contributed by atoms with Crippen LogP contribution in [0.25, 0.3) is 0 Å². The monoisotopic (exact) mass is 201 g/mol. The smallest absolute Gasteiger partial charge is 0.101 e. The lowest BCUT2D eigenvalue weighted by molar-refractivity contribution is 0.756. The summed E-state index contributed by atoms with van der Waals surface area (Å²) >= 11 is 0. The molecule has 3 N–H and O–H groups in total. The zero-order valence-electron chi connectivity index (χ0n) is 8.66. The first kappa shape index (κ1) is 9.85. The van der Waals surface area contributed by atoms with Gasteiger partial charge in [-0.15, -0.1) is 0 Å². The van der Waals surface area contributed by atoms with Crippen LogP contribution in [0, 0.1) is 11.3 Å². The molecule has 0 heterocycles. The Morgan fingerprint density at radius 3 is 2.73 bits per heavy atom. The van der Waals surface area contributed by atoms with E-state index in [1.807, 2.05) is 12.1 Å². The largest absolute Gasteiger partial charge is 0.396 e. The van der Waals surface area contributed by atoms with Crippen LogP contribution in [0.2, 0.25) is 0 Å². The minimum Gasteiger partial charge on any atom is -0.396 e. The predicted octanol–water partition coefficient (Wildman–Crippen LogP) is 2.49. The van der Waals surface area contributed by atoms with E-state index in [2.05, 4.69) is 11.4 Å². The van der Waals surface area contributed by atoms with E-state index in [4.69, 9.17) is 11.0 Å². The molecular formula is C12H15N3. The molecule has 1 aromatic rings. The molecule has 1 aliphatic rings. The van der Waals surface area contributed by atoms with E-state index >= 15 is 0 Å². The fraction of sp³-hybridized carbons (Fsp3) is 0.417. The maximum Gasteiger partial charge on any atom is 0.101 e. The fourth-order valence-electron chi connectivity index (χ4n) is 2.08. The van der Waals surface area contributed by atoms with Gasteiger partial charge < -0.3 is 11.1 Å². The molecule has 0 atom stereocenters. The van der Waals surface area contributed by atoms with Crippen molar-refractivity contribution in [1.29, 1.82) is 5.26 Å². The van der Waals surface area contributed by atoms with Crippen LogP contribution in [-0.2, 0) is 0 Å². The van der Waals surface area contributed by atoms with Gasteiger partial charge in [0.1, 0.15) is 6.07 Å². The second-order valence-corrected chi connectivity index (χ2v) is 4.00. The number of hydrogen-bond donors (Lipinski definition) is 2. The van der Waals surface area contributed by atoms with Crippen molar-refractivity contribution in [2.24, 2.45) is 0 Å². The molecule has 0 unspecified atom stereocenters. The Kier molecular flexibility index (Phi) is 2.77. The number of para-hydroxylation sites is 1. The molecule has 0 aromatic heterocycles. The van der Waals surface area contributed by atoms with Crippen molar-refractivity contribution in [3.05, 3.63) is 23.8 Å². The minimum atomic E-state index is 0.529. The van der Waals surface area contributed by atoms with Crippen molar-refractivity contribution < 1.29 is 0 Å². The van der Waals surface area contributed by atoms with E-state index in [-0.39, 0.29) is 0 Å². The third-order valence-corrected chi connectivity index (χ3v) is 2.94. The summed E-state index contributed by atoms with van der Waals surface area (Å²) in [5.74, 6) is 0. The summed E-state index contributed by atoms with van der Waals surface area (Å²) in [6, 6.07) is 8.18. The van der Waals surface area contributed by atoms with Gasteiger partial charge >= 0.3 is 0 Å². The fourth-order valence-corrected chi connectivity index (χ4v) is 2.08. The topological polar surface area (TPSA) is 61.8 Å². The maximum atomic E-state index is 8.85. The van der Waals surface area contributed by atoms with Gasteiger partial charge in [-0.05, 0) is 25.0 Å². The van der Waals surface area contributed by atoms with Gasteiger partial charge in [-0.3, -0.25) is 0 Å². The Hall–Kier alpha value is -1.69. The van der Waals surface area contributed by atoms with Crippen LogP contribution in [0.4, 0.5) is 11.4 Å². The number of nitrogens with two attached hydrogens (primary N) is 1. The van der Waals surface area contributed by atoms with Crippen molar-refractivity contribution >= 4 is 11.4 Å². The number of anilines is 2. The average Bonchev–Trinajstić information content (AvgIpc) is 2.74. The zero-order valence-corrected chi connectivity index (χ0v) is 8.66. The van der Waals surface area contributed by atoms with Crippen molar-refractivity contribution in [3.63, 3.8) is 0 Å². The van der Waals surface area contributed by atoms with Crippen molar-refractivity contribution in [1.82, 2.24) is 0 Å². The second-order valence-electron chi connectivity index (χ2n) is 4.00. The van der Waals surface area contributed by atoms with Gasteiger partial charge in [0.15, 0.2) is 0 Å². The van der Waals surface area contributed by atoms with E-state index in [1.165, 1.54) is 25.7 Å². The quantitative estimate of drug-likeness (QED) is 0.722. The first-order chi connectivity index (χ1) is 7.31. The number of nitrogens with one attached hydrogen (secondary N) is 1. The normalized spacial score (nSPS) is 16.2. The van der Waals surface area contributed by atoms with Gasteiger partial charge in [0.25, 0.3) is 0 Å². The second kappa shape index (κ2) is 4.22. The molecule has 2 rings (SSSR count). The molecule has 0 aliphatic heterocycles. The molecule has 78 valence electrons. The molecule has 0 bridgehead atoms. The summed E-state index contributed by atoms with van der Waals surface area (Å²) in [5, 5.41) is 12.3.